The molecular formula is C13H14Cl2O. The molecule has 3 rings (SSSR count). The molecule has 3 unspecified atom stereocenters. The van der Waals surface area contributed by atoms with Crippen LogP contribution in [0, 0.1) is 11.8 Å². The molecule has 1 N–H and O–H groups in total. The van der Waals surface area contributed by atoms with Gasteiger partial charge in [0.1, 0.15) is 0 Å². The van der Waals surface area contributed by atoms with E-state index in [1.807, 2.05) is 12.1 Å². The molecule has 1 aromatic carbocycles. The summed E-state index contributed by atoms with van der Waals surface area (Å²) in [4.78, 5) is 0. The number of benzene rings is 1. The van der Waals surface area contributed by atoms with Crippen molar-refractivity contribution in [2.24, 2.45) is 11.8 Å². The van der Waals surface area contributed by atoms with Crippen LogP contribution in [0.5, 0.6) is 0 Å². The first-order valence-electron chi connectivity index (χ1n) is 5.78. The Bertz CT molecular complexity index is 432. The lowest BCUT2D eigenvalue weighted by Crippen LogP contribution is -2.32. The van der Waals surface area contributed by atoms with Gasteiger partial charge in [-0.25, -0.2) is 0 Å². The van der Waals surface area contributed by atoms with Crippen molar-refractivity contribution < 1.29 is 5.11 Å². The van der Waals surface area contributed by atoms with E-state index in [0.29, 0.717) is 21.9 Å². The van der Waals surface area contributed by atoms with Crippen molar-refractivity contribution in [3.63, 3.8) is 0 Å². The molecule has 0 radical (unpaired) electrons. The molecule has 3 atom stereocenters. The quantitative estimate of drug-likeness (QED) is 0.806. The summed E-state index contributed by atoms with van der Waals surface area (Å²) in [6, 6.07) is 5.55. The molecule has 0 amide bonds. The topological polar surface area (TPSA) is 20.2 Å². The van der Waals surface area contributed by atoms with Gasteiger partial charge >= 0.3 is 0 Å². The fourth-order valence-electron chi connectivity index (χ4n) is 3.47. The number of halogens is 2. The molecule has 16 heavy (non-hydrogen) atoms. The molecule has 86 valence electrons. The van der Waals surface area contributed by atoms with Gasteiger partial charge in [-0.05, 0) is 43.6 Å². The van der Waals surface area contributed by atoms with Crippen LogP contribution in [0.4, 0.5) is 0 Å². The zero-order chi connectivity index (χ0) is 11.3. The average molecular weight is 257 g/mol. The standard InChI is InChI=1S/C13H14Cl2O/c14-11-3-1-2-10(12(11)15)13(16)7-8-4-5-9(13)6-8/h1-3,8-9,16H,4-7H2. The second kappa shape index (κ2) is 3.63. The van der Waals surface area contributed by atoms with Crippen LogP contribution in [-0.2, 0) is 5.60 Å². The summed E-state index contributed by atoms with van der Waals surface area (Å²) in [6.45, 7) is 0. The van der Waals surface area contributed by atoms with Crippen LogP contribution in [0.1, 0.15) is 31.2 Å². The largest absolute Gasteiger partial charge is 0.385 e. The van der Waals surface area contributed by atoms with Crippen LogP contribution in [0.2, 0.25) is 10.0 Å². The van der Waals surface area contributed by atoms with E-state index in [9.17, 15) is 5.11 Å². The van der Waals surface area contributed by atoms with Gasteiger partial charge < -0.3 is 5.11 Å². The van der Waals surface area contributed by atoms with Crippen molar-refractivity contribution in [2.75, 3.05) is 0 Å². The Morgan fingerprint density at radius 3 is 2.69 bits per heavy atom. The highest BCUT2D eigenvalue weighted by atomic mass is 35.5. The third-order valence-electron chi connectivity index (χ3n) is 4.23. The maximum atomic E-state index is 10.8. The summed E-state index contributed by atoms with van der Waals surface area (Å²) in [6.07, 6.45) is 4.35. The summed E-state index contributed by atoms with van der Waals surface area (Å²) >= 11 is 12.2. The second-order valence-electron chi connectivity index (χ2n) is 5.11. The fourth-order valence-corrected chi connectivity index (χ4v) is 3.93. The molecule has 0 saturated heterocycles. The van der Waals surface area contributed by atoms with Gasteiger partial charge in [0.15, 0.2) is 0 Å². The third-order valence-corrected chi connectivity index (χ3v) is 5.05. The van der Waals surface area contributed by atoms with Crippen molar-refractivity contribution >= 4 is 23.2 Å². The van der Waals surface area contributed by atoms with Crippen molar-refractivity contribution in [3.05, 3.63) is 33.8 Å². The van der Waals surface area contributed by atoms with E-state index in [0.717, 1.165) is 24.8 Å². The first-order valence-corrected chi connectivity index (χ1v) is 6.53. The van der Waals surface area contributed by atoms with Crippen molar-refractivity contribution in [2.45, 2.75) is 31.3 Å². The molecule has 2 aliphatic rings. The SMILES string of the molecule is OC1(c2cccc(Cl)c2Cl)CC2CCC1C2. The third kappa shape index (κ3) is 1.42. The zero-order valence-corrected chi connectivity index (χ0v) is 10.4. The lowest BCUT2D eigenvalue weighted by atomic mass is 9.79. The van der Waals surface area contributed by atoms with E-state index in [2.05, 4.69) is 0 Å². The van der Waals surface area contributed by atoms with E-state index in [4.69, 9.17) is 23.2 Å². The van der Waals surface area contributed by atoms with Crippen LogP contribution < -0.4 is 0 Å². The van der Waals surface area contributed by atoms with E-state index in [-0.39, 0.29) is 0 Å². The Morgan fingerprint density at radius 2 is 2.06 bits per heavy atom. The van der Waals surface area contributed by atoms with Crippen LogP contribution in [0.15, 0.2) is 18.2 Å². The Balaban J connectivity index is 2.06. The van der Waals surface area contributed by atoms with Crippen LogP contribution in [-0.4, -0.2) is 5.11 Å². The first-order chi connectivity index (χ1) is 7.61. The Labute approximate surface area is 105 Å². The number of hydrogen-bond donors (Lipinski definition) is 1. The second-order valence-corrected chi connectivity index (χ2v) is 5.89. The Morgan fingerprint density at radius 1 is 1.25 bits per heavy atom. The molecule has 0 aliphatic heterocycles. The average Bonchev–Trinajstić information content (AvgIpc) is 2.82. The van der Waals surface area contributed by atoms with E-state index < -0.39 is 5.60 Å². The molecule has 0 heterocycles. The van der Waals surface area contributed by atoms with Gasteiger partial charge in [0.05, 0.1) is 15.6 Å². The van der Waals surface area contributed by atoms with Gasteiger partial charge in [-0.1, -0.05) is 35.3 Å². The van der Waals surface area contributed by atoms with Crippen molar-refractivity contribution in [3.8, 4) is 0 Å². The van der Waals surface area contributed by atoms with E-state index >= 15 is 0 Å². The first kappa shape index (κ1) is 10.9. The minimum Gasteiger partial charge on any atom is -0.385 e. The minimum atomic E-state index is -0.731. The van der Waals surface area contributed by atoms with Gasteiger partial charge in [0.2, 0.25) is 0 Å². The van der Waals surface area contributed by atoms with Gasteiger partial charge in [-0.15, -0.1) is 0 Å². The highest BCUT2D eigenvalue weighted by Gasteiger charge is 2.51. The summed E-state index contributed by atoms with van der Waals surface area (Å²) in [7, 11) is 0. The normalized spacial score (nSPS) is 36.9. The van der Waals surface area contributed by atoms with Crippen molar-refractivity contribution in [1.29, 1.82) is 0 Å². The fraction of sp³-hybridized carbons (Fsp3) is 0.538. The molecule has 1 nitrogen and oxygen atoms in total. The monoisotopic (exact) mass is 256 g/mol. The number of aliphatic hydroxyl groups is 1. The lowest BCUT2D eigenvalue weighted by Gasteiger charge is -2.33. The molecule has 2 aliphatic carbocycles. The minimum absolute atomic E-state index is 0.369. The Hall–Kier alpha value is -0.240. The Kier molecular flexibility index (Phi) is 2.47. The van der Waals surface area contributed by atoms with Crippen molar-refractivity contribution in [1.82, 2.24) is 0 Å². The summed E-state index contributed by atoms with van der Waals surface area (Å²) < 4.78 is 0. The van der Waals surface area contributed by atoms with E-state index in [1.54, 1.807) is 6.07 Å². The maximum absolute atomic E-state index is 10.8. The smallest absolute Gasteiger partial charge is 0.0942 e. The maximum Gasteiger partial charge on any atom is 0.0942 e. The predicted octanol–water partition coefficient (Wildman–Crippen LogP) is 4.00. The summed E-state index contributed by atoms with van der Waals surface area (Å²) in [5, 5.41) is 11.9. The molecular weight excluding hydrogens is 243 g/mol. The molecule has 2 fully saturated rings. The van der Waals surface area contributed by atoms with Gasteiger partial charge in [0, 0.05) is 5.56 Å². The number of hydrogen-bond acceptors (Lipinski definition) is 1. The molecule has 2 bridgehead atoms. The number of fused-ring (bicyclic) bond motifs is 2. The molecule has 0 aromatic heterocycles. The summed E-state index contributed by atoms with van der Waals surface area (Å²) in [5.74, 6) is 1.04. The van der Waals surface area contributed by atoms with Crippen LogP contribution >= 0.6 is 23.2 Å². The van der Waals surface area contributed by atoms with Crippen LogP contribution in [0.3, 0.4) is 0 Å². The summed E-state index contributed by atoms with van der Waals surface area (Å²) in [5.41, 5.74) is 0.0964. The molecule has 3 heteroatoms. The highest BCUT2D eigenvalue weighted by Crippen LogP contribution is 2.56. The number of rotatable bonds is 1. The predicted molar refractivity (Wildman–Crippen MR) is 65.8 cm³/mol. The lowest BCUT2D eigenvalue weighted by molar-refractivity contribution is -0.0181. The molecule has 0 spiro atoms. The van der Waals surface area contributed by atoms with Gasteiger partial charge in [-0.3, -0.25) is 0 Å². The van der Waals surface area contributed by atoms with Crippen LogP contribution in [0.25, 0.3) is 0 Å². The molecule has 2 saturated carbocycles. The zero-order valence-electron chi connectivity index (χ0n) is 8.92. The van der Waals surface area contributed by atoms with Gasteiger partial charge in [-0.2, -0.15) is 0 Å². The van der Waals surface area contributed by atoms with Gasteiger partial charge in [0.25, 0.3) is 0 Å². The van der Waals surface area contributed by atoms with E-state index in [1.165, 1.54) is 6.42 Å². The molecule has 1 aromatic rings. The highest BCUT2D eigenvalue weighted by molar-refractivity contribution is 6.42.